The summed E-state index contributed by atoms with van der Waals surface area (Å²) in [4.78, 5) is 16.8. The molecule has 1 N–H and O–H groups in total. The molecule has 6 nitrogen and oxygen atoms in total. The first-order valence-electron chi connectivity index (χ1n) is 8.65. The Kier molecular flexibility index (Phi) is 4.85. The van der Waals surface area contributed by atoms with Gasteiger partial charge in [-0.25, -0.2) is 4.98 Å². The van der Waals surface area contributed by atoms with Crippen LogP contribution in [0.25, 0.3) is 11.0 Å². The molecule has 0 radical (unpaired) electrons. The largest absolute Gasteiger partial charge is 0.376 e. The molecule has 1 atom stereocenters. The summed E-state index contributed by atoms with van der Waals surface area (Å²) in [5.41, 5.74) is 5.23. The lowest BCUT2D eigenvalue weighted by Crippen LogP contribution is -2.31. The number of carbonyl (C=O) groups is 1. The molecule has 1 unspecified atom stereocenters. The lowest BCUT2D eigenvalue weighted by atomic mass is 9.99. The zero-order chi connectivity index (χ0) is 17.3. The summed E-state index contributed by atoms with van der Waals surface area (Å²) in [6.45, 7) is 7.55. The Morgan fingerprint density at radius 2 is 2.12 bits per heavy atom. The van der Waals surface area contributed by atoms with Crippen LogP contribution in [0.15, 0.2) is 0 Å². The summed E-state index contributed by atoms with van der Waals surface area (Å²) < 4.78 is 7.36. The van der Waals surface area contributed by atoms with Gasteiger partial charge in [-0.15, -0.1) is 0 Å². The number of nitrogens with zero attached hydrogens (tertiary/aromatic N) is 3. The van der Waals surface area contributed by atoms with Gasteiger partial charge in [0.05, 0.1) is 11.8 Å². The molecular weight excluding hydrogens is 304 g/mol. The lowest BCUT2D eigenvalue weighted by molar-refractivity contribution is -0.121. The van der Waals surface area contributed by atoms with Gasteiger partial charge in [-0.2, -0.15) is 5.10 Å². The van der Waals surface area contributed by atoms with Crippen LogP contribution in [0.3, 0.4) is 0 Å². The molecule has 1 amide bonds. The van der Waals surface area contributed by atoms with Crippen molar-refractivity contribution in [2.75, 3.05) is 13.2 Å². The number of rotatable bonds is 5. The Hall–Kier alpha value is -1.95. The summed E-state index contributed by atoms with van der Waals surface area (Å²) in [5.74, 6) is 0.0762. The number of pyridine rings is 1. The SMILES string of the molecule is Cc1nc2c(c(C)nn2C)c(C)c1CCC(=O)NCC1CCCO1. The van der Waals surface area contributed by atoms with Crippen molar-refractivity contribution in [3.8, 4) is 0 Å². The van der Waals surface area contributed by atoms with Crippen molar-refractivity contribution in [3.05, 3.63) is 22.5 Å². The Morgan fingerprint density at radius 1 is 1.33 bits per heavy atom. The summed E-state index contributed by atoms with van der Waals surface area (Å²) in [5, 5.41) is 8.56. The van der Waals surface area contributed by atoms with Crippen LogP contribution in [0.2, 0.25) is 0 Å². The van der Waals surface area contributed by atoms with Gasteiger partial charge in [-0.3, -0.25) is 9.48 Å². The van der Waals surface area contributed by atoms with Crippen molar-refractivity contribution in [1.29, 1.82) is 0 Å². The van der Waals surface area contributed by atoms with Crippen molar-refractivity contribution in [2.24, 2.45) is 7.05 Å². The second-order valence-electron chi connectivity index (χ2n) is 6.65. The van der Waals surface area contributed by atoms with Crippen molar-refractivity contribution in [2.45, 2.75) is 52.6 Å². The fraction of sp³-hybridized carbons (Fsp3) is 0.611. The van der Waals surface area contributed by atoms with Crippen LogP contribution < -0.4 is 5.32 Å². The molecule has 0 aliphatic carbocycles. The third kappa shape index (κ3) is 3.29. The summed E-state index contributed by atoms with van der Waals surface area (Å²) in [7, 11) is 1.92. The highest BCUT2D eigenvalue weighted by atomic mass is 16.5. The zero-order valence-electron chi connectivity index (χ0n) is 15.0. The Morgan fingerprint density at radius 3 is 2.83 bits per heavy atom. The minimum atomic E-state index is 0.0762. The maximum atomic E-state index is 12.1. The predicted octanol–water partition coefficient (Wildman–Crippen LogP) is 2.12. The minimum Gasteiger partial charge on any atom is -0.376 e. The van der Waals surface area contributed by atoms with E-state index < -0.39 is 0 Å². The van der Waals surface area contributed by atoms with Gasteiger partial charge in [0, 0.05) is 37.7 Å². The van der Waals surface area contributed by atoms with Gasteiger partial charge in [0.25, 0.3) is 0 Å². The molecule has 0 aromatic carbocycles. The topological polar surface area (TPSA) is 69.0 Å². The van der Waals surface area contributed by atoms with Crippen LogP contribution in [0, 0.1) is 20.8 Å². The molecular formula is C18H26N4O2. The first kappa shape index (κ1) is 16.9. The number of amides is 1. The fourth-order valence-corrected chi connectivity index (χ4v) is 3.59. The van der Waals surface area contributed by atoms with Crippen LogP contribution >= 0.6 is 0 Å². The quantitative estimate of drug-likeness (QED) is 0.912. The molecule has 0 saturated carbocycles. The van der Waals surface area contributed by atoms with E-state index in [2.05, 4.69) is 17.3 Å². The van der Waals surface area contributed by atoms with E-state index in [-0.39, 0.29) is 12.0 Å². The predicted molar refractivity (Wildman–Crippen MR) is 93.0 cm³/mol. The average molecular weight is 330 g/mol. The number of aromatic nitrogens is 3. The Labute approximate surface area is 142 Å². The monoisotopic (exact) mass is 330 g/mol. The highest BCUT2D eigenvalue weighted by molar-refractivity contribution is 5.84. The average Bonchev–Trinajstić information content (AvgIpc) is 3.13. The molecule has 3 rings (SSSR count). The Bertz CT molecular complexity index is 760. The van der Waals surface area contributed by atoms with Gasteiger partial charge in [0.15, 0.2) is 5.65 Å². The van der Waals surface area contributed by atoms with E-state index in [1.54, 1.807) is 0 Å². The maximum Gasteiger partial charge on any atom is 0.220 e. The Balaban J connectivity index is 1.68. The van der Waals surface area contributed by atoms with Gasteiger partial charge in [-0.05, 0) is 51.2 Å². The molecule has 0 bridgehead atoms. The normalized spacial score (nSPS) is 17.6. The molecule has 3 heterocycles. The lowest BCUT2D eigenvalue weighted by Gasteiger charge is -2.13. The van der Waals surface area contributed by atoms with E-state index in [9.17, 15) is 4.79 Å². The third-order valence-electron chi connectivity index (χ3n) is 4.88. The van der Waals surface area contributed by atoms with E-state index >= 15 is 0 Å². The molecule has 1 aliphatic heterocycles. The molecule has 1 saturated heterocycles. The van der Waals surface area contributed by atoms with Crippen LogP contribution in [0.5, 0.6) is 0 Å². The smallest absolute Gasteiger partial charge is 0.220 e. The number of nitrogens with one attached hydrogen (secondary N) is 1. The molecule has 2 aromatic rings. The van der Waals surface area contributed by atoms with Crippen LogP contribution in [0.4, 0.5) is 0 Å². The maximum absolute atomic E-state index is 12.1. The highest BCUT2D eigenvalue weighted by Gasteiger charge is 2.18. The second-order valence-corrected chi connectivity index (χ2v) is 6.65. The minimum absolute atomic E-state index is 0.0762. The third-order valence-corrected chi connectivity index (χ3v) is 4.88. The number of carbonyl (C=O) groups excluding carboxylic acids is 1. The van der Waals surface area contributed by atoms with E-state index in [0.717, 1.165) is 47.4 Å². The van der Waals surface area contributed by atoms with E-state index in [4.69, 9.17) is 9.72 Å². The van der Waals surface area contributed by atoms with Crippen LogP contribution in [-0.2, 0) is 23.0 Å². The second kappa shape index (κ2) is 6.89. The van der Waals surface area contributed by atoms with Crippen LogP contribution in [-0.4, -0.2) is 39.9 Å². The molecule has 1 aliphatic rings. The van der Waals surface area contributed by atoms with Gasteiger partial charge in [0.1, 0.15) is 0 Å². The number of aryl methyl sites for hydroxylation is 4. The first-order chi connectivity index (χ1) is 11.5. The van der Waals surface area contributed by atoms with Crippen molar-refractivity contribution in [1.82, 2.24) is 20.1 Å². The van der Waals surface area contributed by atoms with E-state index in [1.807, 2.05) is 25.6 Å². The summed E-state index contributed by atoms with van der Waals surface area (Å²) in [6, 6.07) is 0. The number of fused-ring (bicyclic) bond motifs is 1. The first-order valence-corrected chi connectivity index (χ1v) is 8.65. The number of hydrogen-bond donors (Lipinski definition) is 1. The van der Waals surface area contributed by atoms with Crippen molar-refractivity contribution >= 4 is 16.9 Å². The van der Waals surface area contributed by atoms with E-state index in [0.29, 0.717) is 19.4 Å². The van der Waals surface area contributed by atoms with Crippen molar-refractivity contribution < 1.29 is 9.53 Å². The molecule has 2 aromatic heterocycles. The highest BCUT2D eigenvalue weighted by Crippen LogP contribution is 2.25. The van der Waals surface area contributed by atoms with Gasteiger partial charge in [-0.1, -0.05) is 0 Å². The summed E-state index contributed by atoms with van der Waals surface area (Å²) in [6.07, 6.45) is 3.50. The van der Waals surface area contributed by atoms with Crippen LogP contribution in [0.1, 0.15) is 41.8 Å². The zero-order valence-corrected chi connectivity index (χ0v) is 15.0. The molecule has 6 heteroatoms. The molecule has 1 fully saturated rings. The summed E-state index contributed by atoms with van der Waals surface area (Å²) >= 11 is 0. The molecule has 24 heavy (non-hydrogen) atoms. The number of hydrogen-bond acceptors (Lipinski definition) is 4. The van der Waals surface area contributed by atoms with Gasteiger partial charge in [0.2, 0.25) is 5.91 Å². The molecule has 130 valence electrons. The van der Waals surface area contributed by atoms with Gasteiger partial charge < -0.3 is 10.1 Å². The molecule has 0 spiro atoms. The van der Waals surface area contributed by atoms with Gasteiger partial charge >= 0.3 is 0 Å². The fourth-order valence-electron chi connectivity index (χ4n) is 3.59. The van der Waals surface area contributed by atoms with E-state index in [1.165, 1.54) is 5.56 Å². The van der Waals surface area contributed by atoms with Crippen molar-refractivity contribution in [3.63, 3.8) is 0 Å². The standard InChI is InChI=1S/C18H26N4O2/c1-11-15(7-8-16(23)19-10-14-6-5-9-24-14)12(2)20-18-17(11)13(3)21-22(18)4/h14H,5-10H2,1-4H3,(H,19,23). The number of ether oxygens (including phenoxy) is 1.